The Morgan fingerprint density at radius 3 is 1.98 bits per heavy atom. The molecule has 7 rings (SSSR count). The summed E-state index contributed by atoms with van der Waals surface area (Å²) in [4.78, 5) is 21.5. The molecule has 1 N–H and O–H groups in total. The summed E-state index contributed by atoms with van der Waals surface area (Å²) in [5, 5.41) is 3.02. The minimum Gasteiger partial charge on any atom is -0.473 e. The van der Waals surface area contributed by atoms with Crippen molar-refractivity contribution in [2.75, 3.05) is 37.6 Å². The topological polar surface area (TPSA) is 76.2 Å². The van der Waals surface area contributed by atoms with Crippen molar-refractivity contribution in [3.05, 3.63) is 144 Å². The summed E-state index contributed by atoms with van der Waals surface area (Å²) in [6.45, 7) is 5.40. The van der Waals surface area contributed by atoms with E-state index in [1.54, 1.807) is 12.1 Å². The zero-order valence-corrected chi connectivity index (χ0v) is 28.6. The van der Waals surface area contributed by atoms with E-state index < -0.39 is 0 Å². The van der Waals surface area contributed by atoms with E-state index in [4.69, 9.17) is 14.2 Å². The number of pyridine rings is 1. The molecule has 0 bridgehead atoms. The number of rotatable bonds is 13. The molecular weight excluding hydrogens is 643 g/mol. The molecule has 262 valence electrons. The van der Waals surface area contributed by atoms with Crippen LogP contribution in [0.2, 0.25) is 0 Å². The highest BCUT2D eigenvalue weighted by atomic mass is 19.1. The molecule has 1 aromatic heterocycles. The Balaban J connectivity index is 0.914. The normalized spacial score (nSPS) is 15.2. The smallest absolute Gasteiger partial charge is 0.407 e. The summed E-state index contributed by atoms with van der Waals surface area (Å²) in [6, 6.07) is 38.7. The van der Waals surface area contributed by atoms with Gasteiger partial charge in [0.1, 0.15) is 25.6 Å². The summed E-state index contributed by atoms with van der Waals surface area (Å²) in [5.74, 6) is 1.03. The van der Waals surface area contributed by atoms with Crippen molar-refractivity contribution in [1.29, 1.82) is 0 Å². The van der Waals surface area contributed by atoms with E-state index in [0.717, 1.165) is 62.3 Å². The van der Waals surface area contributed by atoms with E-state index in [1.165, 1.54) is 0 Å². The summed E-state index contributed by atoms with van der Waals surface area (Å²) in [6.07, 6.45) is 1.41. The van der Waals surface area contributed by atoms with Crippen molar-refractivity contribution in [1.82, 2.24) is 15.2 Å². The number of anilines is 1. The Bertz CT molecular complexity index is 1860. The van der Waals surface area contributed by atoms with E-state index >= 15 is 4.39 Å². The number of benzene rings is 4. The van der Waals surface area contributed by atoms with Crippen molar-refractivity contribution in [3.63, 3.8) is 0 Å². The van der Waals surface area contributed by atoms with E-state index in [1.807, 2.05) is 109 Å². The number of amides is 1. The SMILES string of the molecule is O=C(NC1CCN(CC2CN(c3ccc(-c4ccc(OCc5ccccc5)nc4OCc4ccccc4)cc3F)C2)CC1)OCc1ccccc1. The third kappa shape index (κ3) is 9.23. The lowest BCUT2D eigenvalue weighted by Gasteiger charge is -2.44. The molecule has 4 aromatic carbocycles. The second kappa shape index (κ2) is 16.5. The lowest BCUT2D eigenvalue weighted by atomic mass is 9.96. The lowest BCUT2D eigenvalue weighted by Crippen LogP contribution is -2.54. The zero-order chi connectivity index (χ0) is 34.8. The number of hydrogen-bond acceptors (Lipinski definition) is 7. The lowest BCUT2D eigenvalue weighted by molar-refractivity contribution is 0.122. The van der Waals surface area contributed by atoms with E-state index in [-0.39, 0.29) is 24.6 Å². The number of aromatic nitrogens is 1. The number of alkyl carbamates (subject to hydrolysis) is 1. The van der Waals surface area contributed by atoms with Gasteiger partial charge in [-0.05, 0) is 53.3 Å². The van der Waals surface area contributed by atoms with Gasteiger partial charge in [0.2, 0.25) is 11.8 Å². The first-order valence-corrected chi connectivity index (χ1v) is 17.6. The summed E-state index contributed by atoms with van der Waals surface area (Å²) >= 11 is 0. The van der Waals surface area contributed by atoms with Crippen LogP contribution >= 0.6 is 0 Å². The fourth-order valence-electron chi connectivity index (χ4n) is 6.66. The van der Waals surface area contributed by atoms with Crippen molar-refractivity contribution in [2.45, 2.75) is 38.7 Å². The number of nitrogens with zero attached hydrogens (tertiary/aromatic N) is 3. The highest BCUT2D eigenvalue weighted by molar-refractivity contribution is 5.71. The highest BCUT2D eigenvalue weighted by Crippen LogP contribution is 2.35. The third-order valence-electron chi connectivity index (χ3n) is 9.48. The maximum absolute atomic E-state index is 15.7. The number of ether oxygens (including phenoxy) is 3. The number of likely N-dealkylation sites (tertiary alicyclic amines) is 1. The standard InChI is InChI=1S/C42H43FN4O4/c43-38-24-35(37-17-19-40(49-28-31-10-4-1-5-11-31)45-41(37)50-29-32-12-6-2-7-13-32)16-18-39(38)47-26-34(27-47)25-46-22-20-36(21-23-46)44-42(48)51-30-33-14-8-3-9-15-33/h1-19,24,34,36H,20-23,25-30H2,(H,44,48). The van der Waals surface area contributed by atoms with Gasteiger partial charge in [0, 0.05) is 56.3 Å². The molecule has 3 heterocycles. The molecule has 0 unspecified atom stereocenters. The Kier molecular flexibility index (Phi) is 11.0. The molecule has 2 aliphatic rings. The zero-order valence-electron chi connectivity index (χ0n) is 28.6. The molecule has 0 saturated carbocycles. The number of piperidine rings is 1. The number of halogens is 1. The number of carbonyl (C=O) groups is 1. The van der Waals surface area contributed by atoms with Crippen LogP contribution in [-0.2, 0) is 24.6 Å². The molecule has 8 nitrogen and oxygen atoms in total. The van der Waals surface area contributed by atoms with Crippen LogP contribution in [0.25, 0.3) is 11.1 Å². The van der Waals surface area contributed by atoms with Gasteiger partial charge in [-0.2, -0.15) is 4.98 Å². The molecule has 0 spiro atoms. The molecule has 2 saturated heterocycles. The third-order valence-corrected chi connectivity index (χ3v) is 9.48. The van der Waals surface area contributed by atoms with E-state index in [9.17, 15) is 4.79 Å². The molecule has 9 heteroatoms. The van der Waals surface area contributed by atoms with Gasteiger partial charge in [0.15, 0.2) is 0 Å². The molecule has 51 heavy (non-hydrogen) atoms. The summed E-state index contributed by atoms with van der Waals surface area (Å²) < 4.78 is 33.3. The average Bonchev–Trinajstić information content (AvgIpc) is 3.16. The predicted octanol–water partition coefficient (Wildman–Crippen LogP) is 7.87. The van der Waals surface area contributed by atoms with Crippen LogP contribution in [0.1, 0.15) is 29.5 Å². The molecule has 2 aliphatic heterocycles. The van der Waals surface area contributed by atoms with Crippen LogP contribution in [-0.4, -0.2) is 54.7 Å². The number of hydrogen-bond donors (Lipinski definition) is 1. The van der Waals surface area contributed by atoms with Crippen molar-refractivity contribution in [3.8, 4) is 22.9 Å². The molecule has 0 radical (unpaired) electrons. The van der Waals surface area contributed by atoms with Crippen molar-refractivity contribution >= 4 is 11.8 Å². The molecule has 5 aromatic rings. The van der Waals surface area contributed by atoms with Gasteiger partial charge in [-0.25, -0.2) is 9.18 Å². The minimum atomic E-state index is -0.364. The summed E-state index contributed by atoms with van der Waals surface area (Å²) in [5.41, 5.74) is 5.02. The average molecular weight is 687 g/mol. The second-order valence-corrected chi connectivity index (χ2v) is 13.3. The van der Waals surface area contributed by atoms with Gasteiger partial charge < -0.3 is 29.3 Å². The molecule has 0 aliphatic carbocycles. The van der Waals surface area contributed by atoms with Gasteiger partial charge in [-0.1, -0.05) is 97.1 Å². The van der Waals surface area contributed by atoms with Crippen molar-refractivity contribution < 1.29 is 23.4 Å². The summed E-state index contributed by atoms with van der Waals surface area (Å²) in [7, 11) is 0. The Morgan fingerprint density at radius 1 is 0.745 bits per heavy atom. The van der Waals surface area contributed by atoms with Crippen molar-refractivity contribution in [2.24, 2.45) is 5.92 Å². The van der Waals surface area contributed by atoms with Gasteiger partial charge in [-0.15, -0.1) is 0 Å². The molecule has 2 fully saturated rings. The fraction of sp³-hybridized carbons (Fsp3) is 0.286. The van der Waals surface area contributed by atoms with E-state index in [2.05, 4.69) is 20.1 Å². The first kappa shape index (κ1) is 34.1. The quantitative estimate of drug-likeness (QED) is 0.135. The monoisotopic (exact) mass is 686 g/mol. The van der Waals surface area contributed by atoms with Crippen LogP contribution in [0.4, 0.5) is 14.9 Å². The van der Waals surface area contributed by atoms with Crippen LogP contribution in [0, 0.1) is 11.7 Å². The van der Waals surface area contributed by atoms with Crippen LogP contribution in [0.3, 0.4) is 0 Å². The second-order valence-electron chi connectivity index (χ2n) is 13.3. The maximum atomic E-state index is 15.7. The Labute approximate surface area is 298 Å². The molecular formula is C42H43FN4O4. The van der Waals surface area contributed by atoms with Crippen LogP contribution < -0.4 is 19.7 Å². The molecule has 0 atom stereocenters. The predicted molar refractivity (Wildman–Crippen MR) is 196 cm³/mol. The first-order chi connectivity index (χ1) is 25.1. The largest absolute Gasteiger partial charge is 0.473 e. The fourth-order valence-corrected chi connectivity index (χ4v) is 6.66. The van der Waals surface area contributed by atoms with Crippen LogP contribution in [0.5, 0.6) is 11.8 Å². The highest BCUT2D eigenvalue weighted by Gasteiger charge is 2.32. The first-order valence-electron chi connectivity index (χ1n) is 17.6. The van der Waals surface area contributed by atoms with Gasteiger partial charge in [-0.3, -0.25) is 0 Å². The van der Waals surface area contributed by atoms with Crippen LogP contribution in [0.15, 0.2) is 121 Å². The van der Waals surface area contributed by atoms with Gasteiger partial charge >= 0.3 is 6.09 Å². The maximum Gasteiger partial charge on any atom is 0.407 e. The van der Waals surface area contributed by atoms with E-state index in [0.29, 0.717) is 47.7 Å². The number of nitrogens with one attached hydrogen (secondary N) is 1. The Hall–Kier alpha value is -5.41. The van der Waals surface area contributed by atoms with Gasteiger partial charge in [0.05, 0.1) is 5.69 Å². The number of carbonyl (C=O) groups excluding carboxylic acids is 1. The Morgan fingerprint density at radius 2 is 1.35 bits per heavy atom. The minimum absolute atomic E-state index is 0.118. The molecule has 1 amide bonds. The van der Waals surface area contributed by atoms with Gasteiger partial charge in [0.25, 0.3) is 0 Å².